The summed E-state index contributed by atoms with van der Waals surface area (Å²) in [4.78, 5) is 19.5. The van der Waals surface area contributed by atoms with Crippen LogP contribution in [-0.2, 0) is 0 Å². The number of fused-ring (bicyclic) bond motifs is 1. The van der Waals surface area contributed by atoms with Crippen molar-refractivity contribution in [3.8, 4) is 11.6 Å². The average molecular weight is 280 g/mol. The van der Waals surface area contributed by atoms with Gasteiger partial charge in [0.1, 0.15) is 12.1 Å². The molecular weight excluding hydrogens is 268 g/mol. The number of benzene rings is 2. The second-order valence-electron chi connectivity index (χ2n) is 4.53. The molecule has 3 rings (SSSR count). The van der Waals surface area contributed by atoms with E-state index in [0.717, 1.165) is 10.9 Å². The van der Waals surface area contributed by atoms with Gasteiger partial charge in [0.25, 0.3) is 0 Å². The molecule has 0 spiro atoms. The number of para-hydroxylation sites is 1. The lowest BCUT2D eigenvalue weighted by Gasteiger charge is -2.11. The van der Waals surface area contributed by atoms with Crippen molar-refractivity contribution in [2.24, 2.45) is 0 Å². The van der Waals surface area contributed by atoms with E-state index in [0.29, 0.717) is 17.2 Å². The van der Waals surface area contributed by atoms with Gasteiger partial charge in [-0.15, -0.1) is 0 Å². The SMILES string of the molecule is Cc1c(Oc2ncnc3ccccc23)cccc1C(=O)O. The van der Waals surface area contributed by atoms with Gasteiger partial charge in [-0.3, -0.25) is 0 Å². The predicted octanol–water partition coefficient (Wildman–Crippen LogP) is 3.43. The van der Waals surface area contributed by atoms with Crippen molar-refractivity contribution in [2.75, 3.05) is 0 Å². The van der Waals surface area contributed by atoms with E-state index in [-0.39, 0.29) is 5.56 Å². The number of nitrogens with zero attached hydrogens (tertiary/aromatic N) is 2. The van der Waals surface area contributed by atoms with Crippen LogP contribution >= 0.6 is 0 Å². The van der Waals surface area contributed by atoms with Gasteiger partial charge in [-0.1, -0.05) is 18.2 Å². The number of hydrogen-bond donors (Lipinski definition) is 1. The quantitative estimate of drug-likeness (QED) is 0.795. The molecule has 1 N–H and O–H groups in total. The third kappa shape index (κ3) is 2.41. The van der Waals surface area contributed by atoms with Crippen LogP contribution in [0.25, 0.3) is 10.9 Å². The van der Waals surface area contributed by atoms with Gasteiger partial charge in [-0.2, -0.15) is 0 Å². The number of carboxylic acid groups (broad SMARTS) is 1. The number of aromatic nitrogens is 2. The summed E-state index contributed by atoms with van der Waals surface area (Å²) in [7, 11) is 0. The van der Waals surface area contributed by atoms with Gasteiger partial charge < -0.3 is 9.84 Å². The molecule has 0 fully saturated rings. The Bertz CT molecular complexity index is 825. The van der Waals surface area contributed by atoms with E-state index >= 15 is 0 Å². The van der Waals surface area contributed by atoms with Gasteiger partial charge in [-0.05, 0) is 31.2 Å². The Morgan fingerprint density at radius 2 is 1.90 bits per heavy atom. The Hall–Kier alpha value is -2.95. The van der Waals surface area contributed by atoms with Gasteiger partial charge >= 0.3 is 5.97 Å². The maximum absolute atomic E-state index is 11.2. The summed E-state index contributed by atoms with van der Waals surface area (Å²) in [6.45, 7) is 1.71. The zero-order chi connectivity index (χ0) is 14.8. The van der Waals surface area contributed by atoms with Crippen LogP contribution in [0.1, 0.15) is 15.9 Å². The van der Waals surface area contributed by atoms with Crippen LogP contribution < -0.4 is 4.74 Å². The summed E-state index contributed by atoms with van der Waals surface area (Å²) in [6, 6.07) is 12.4. The third-order valence-corrected chi connectivity index (χ3v) is 3.23. The van der Waals surface area contributed by atoms with Crippen LogP contribution in [-0.4, -0.2) is 21.0 Å². The zero-order valence-corrected chi connectivity index (χ0v) is 11.3. The number of ether oxygens (including phenoxy) is 1. The van der Waals surface area contributed by atoms with E-state index in [1.165, 1.54) is 6.33 Å². The van der Waals surface area contributed by atoms with E-state index in [4.69, 9.17) is 9.84 Å². The molecule has 1 heterocycles. The van der Waals surface area contributed by atoms with E-state index in [2.05, 4.69) is 9.97 Å². The minimum atomic E-state index is -0.981. The Labute approximate surface area is 120 Å². The third-order valence-electron chi connectivity index (χ3n) is 3.23. The Morgan fingerprint density at radius 1 is 1.10 bits per heavy atom. The van der Waals surface area contributed by atoms with E-state index in [1.807, 2.05) is 24.3 Å². The number of hydrogen-bond acceptors (Lipinski definition) is 4. The summed E-state index contributed by atoms with van der Waals surface area (Å²) in [5.74, 6) is -0.101. The van der Waals surface area contributed by atoms with Crippen molar-refractivity contribution in [1.82, 2.24) is 9.97 Å². The molecular formula is C16H12N2O3. The fourth-order valence-electron chi connectivity index (χ4n) is 2.12. The highest BCUT2D eigenvalue weighted by Crippen LogP contribution is 2.29. The summed E-state index contributed by atoms with van der Waals surface area (Å²) in [5.41, 5.74) is 1.55. The zero-order valence-electron chi connectivity index (χ0n) is 11.3. The lowest BCUT2D eigenvalue weighted by molar-refractivity contribution is 0.0695. The van der Waals surface area contributed by atoms with Gasteiger partial charge in [0.05, 0.1) is 16.5 Å². The Balaban J connectivity index is 2.07. The van der Waals surface area contributed by atoms with Gasteiger partial charge in [0.2, 0.25) is 5.88 Å². The van der Waals surface area contributed by atoms with E-state index in [1.54, 1.807) is 25.1 Å². The highest BCUT2D eigenvalue weighted by atomic mass is 16.5. The molecule has 21 heavy (non-hydrogen) atoms. The molecule has 0 bridgehead atoms. The maximum atomic E-state index is 11.2. The molecule has 2 aromatic carbocycles. The standard InChI is InChI=1S/C16H12N2O3/c1-10-11(16(19)20)6-4-8-14(10)21-15-12-5-2-3-7-13(12)17-9-18-15/h2-9H,1H3,(H,19,20). The molecule has 5 nitrogen and oxygen atoms in total. The van der Waals surface area contributed by atoms with Crippen molar-refractivity contribution in [3.05, 3.63) is 59.9 Å². The average Bonchev–Trinajstić information content (AvgIpc) is 2.49. The van der Waals surface area contributed by atoms with Crippen LogP contribution in [0.5, 0.6) is 11.6 Å². The number of carboxylic acids is 1. The van der Waals surface area contributed by atoms with Crippen molar-refractivity contribution >= 4 is 16.9 Å². The van der Waals surface area contributed by atoms with Crippen LogP contribution in [0.3, 0.4) is 0 Å². The first-order valence-corrected chi connectivity index (χ1v) is 6.37. The monoisotopic (exact) mass is 280 g/mol. The van der Waals surface area contributed by atoms with Crippen LogP contribution in [0.15, 0.2) is 48.8 Å². The first-order valence-electron chi connectivity index (χ1n) is 6.37. The second-order valence-corrected chi connectivity index (χ2v) is 4.53. The van der Waals surface area contributed by atoms with Crippen molar-refractivity contribution < 1.29 is 14.6 Å². The topological polar surface area (TPSA) is 72.3 Å². The minimum absolute atomic E-state index is 0.214. The molecule has 0 aliphatic heterocycles. The van der Waals surface area contributed by atoms with Crippen molar-refractivity contribution in [1.29, 1.82) is 0 Å². The number of carbonyl (C=O) groups is 1. The molecule has 0 saturated heterocycles. The lowest BCUT2D eigenvalue weighted by atomic mass is 10.1. The normalized spacial score (nSPS) is 10.5. The molecule has 0 amide bonds. The van der Waals surface area contributed by atoms with Crippen LogP contribution in [0, 0.1) is 6.92 Å². The van der Waals surface area contributed by atoms with Gasteiger partial charge in [-0.25, -0.2) is 14.8 Å². The first-order chi connectivity index (χ1) is 10.2. The molecule has 0 unspecified atom stereocenters. The maximum Gasteiger partial charge on any atom is 0.336 e. The Morgan fingerprint density at radius 3 is 2.71 bits per heavy atom. The molecule has 0 aliphatic carbocycles. The molecule has 0 aliphatic rings. The lowest BCUT2D eigenvalue weighted by Crippen LogP contribution is -2.01. The van der Waals surface area contributed by atoms with E-state index in [9.17, 15) is 4.79 Å². The molecule has 5 heteroatoms. The number of aromatic carboxylic acids is 1. The summed E-state index contributed by atoms with van der Waals surface area (Å²) in [6.07, 6.45) is 1.42. The molecule has 104 valence electrons. The highest BCUT2D eigenvalue weighted by Gasteiger charge is 2.13. The second kappa shape index (κ2) is 5.20. The minimum Gasteiger partial charge on any atom is -0.478 e. The number of rotatable bonds is 3. The molecule has 0 radical (unpaired) electrons. The highest BCUT2D eigenvalue weighted by molar-refractivity contribution is 5.90. The Kier molecular flexibility index (Phi) is 3.23. The van der Waals surface area contributed by atoms with Crippen molar-refractivity contribution in [3.63, 3.8) is 0 Å². The fraction of sp³-hybridized carbons (Fsp3) is 0.0625. The molecule has 1 aromatic heterocycles. The van der Waals surface area contributed by atoms with Crippen LogP contribution in [0.2, 0.25) is 0 Å². The summed E-state index contributed by atoms with van der Waals surface area (Å²) < 4.78 is 5.80. The van der Waals surface area contributed by atoms with E-state index < -0.39 is 5.97 Å². The van der Waals surface area contributed by atoms with Crippen LogP contribution in [0.4, 0.5) is 0 Å². The van der Waals surface area contributed by atoms with Crippen molar-refractivity contribution in [2.45, 2.75) is 6.92 Å². The van der Waals surface area contributed by atoms with Gasteiger partial charge in [0, 0.05) is 5.56 Å². The smallest absolute Gasteiger partial charge is 0.336 e. The fourth-order valence-corrected chi connectivity index (χ4v) is 2.12. The molecule has 0 atom stereocenters. The molecule has 3 aromatic rings. The predicted molar refractivity (Wildman–Crippen MR) is 77.8 cm³/mol. The largest absolute Gasteiger partial charge is 0.478 e. The molecule has 0 saturated carbocycles. The summed E-state index contributed by atoms with van der Waals surface area (Å²) in [5, 5.41) is 9.92. The van der Waals surface area contributed by atoms with Gasteiger partial charge in [0.15, 0.2) is 0 Å². The first kappa shape index (κ1) is 13.1. The summed E-state index contributed by atoms with van der Waals surface area (Å²) >= 11 is 0.